The van der Waals surface area contributed by atoms with Crippen molar-refractivity contribution in [3.63, 3.8) is 0 Å². The minimum absolute atomic E-state index is 0.00563. The molecule has 0 bridgehead atoms. The van der Waals surface area contributed by atoms with Crippen LogP contribution in [0.5, 0.6) is 5.75 Å². The van der Waals surface area contributed by atoms with Crippen molar-refractivity contribution >= 4 is 34.6 Å². The smallest absolute Gasteiger partial charge is 0.421 e. The number of methoxy groups -OCH3 is 1. The fourth-order valence-corrected chi connectivity index (χ4v) is 3.48. The van der Waals surface area contributed by atoms with Crippen molar-refractivity contribution in [3.05, 3.63) is 48.3 Å². The Bertz CT molecular complexity index is 1220. The molecule has 2 aromatic carbocycles. The van der Waals surface area contributed by atoms with Crippen LogP contribution in [0.3, 0.4) is 0 Å². The number of hydrogen-bond acceptors (Lipinski definition) is 10. The molecule has 37 heavy (non-hydrogen) atoms. The van der Waals surface area contributed by atoms with E-state index in [1.54, 1.807) is 12.1 Å². The number of aliphatic hydroxyl groups is 1. The van der Waals surface area contributed by atoms with Crippen LogP contribution in [-0.2, 0) is 5.60 Å². The molecule has 0 radical (unpaired) electrons. The van der Waals surface area contributed by atoms with E-state index in [9.17, 15) is 18.3 Å². The maximum Gasteiger partial charge on any atom is 0.421 e. The minimum atomic E-state index is -4.89. The minimum Gasteiger partial charge on any atom is -0.494 e. The zero-order valence-electron chi connectivity index (χ0n) is 21.3. The predicted molar refractivity (Wildman–Crippen MR) is 138 cm³/mol. The molecule has 1 unspecified atom stereocenters. The molecule has 1 heterocycles. The van der Waals surface area contributed by atoms with E-state index in [-0.39, 0.29) is 23.1 Å². The molecule has 200 valence electrons. The molecule has 3 aromatic rings. The summed E-state index contributed by atoms with van der Waals surface area (Å²) in [4.78, 5) is 16.4. The Morgan fingerprint density at radius 1 is 1.00 bits per heavy atom. The van der Waals surface area contributed by atoms with Crippen LogP contribution in [0.1, 0.15) is 12.5 Å². The van der Waals surface area contributed by atoms with Gasteiger partial charge in [0.2, 0.25) is 11.9 Å². The number of halogens is 3. The van der Waals surface area contributed by atoms with Crippen LogP contribution in [0.4, 0.5) is 47.8 Å². The van der Waals surface area contributed by atoms with Gasteiger partial charge in [-0.2, -0.15) is 18.2 Å². The monoisotopic (exact) mass is 520 g/mol. The van der Waals surface area contributed by atoms with E-state index in [1.807, 2.05) is 26.0 Å². The summed E-state index contributed by atoms with van der Waals surface area (Å²) in [7, 11) is 7.42. The number of hydrogen-bond donors (Lipinski definition) is 4. The highest BCUT2D eigenvalue weighted by atomic mass is 19.4. The lowest BCUT2D eigenvalue weighted by atomic mass is 9.93. The van der Waals surface area contributed by atoms with Crippen LogP contribution in [0.15, 0.2) is 42.7 Å². The molecular weight excluding hydrogens is 489 g/mol. The van der Waals surface area contributed by atoms with E-state index < -0.39 is 11.8 Å². The van der Waals surface area contributed by atoms with E-state index in [0.717, 1.165) is 18.8 Å². The number of aromatic nitrogens is 3. The van der Waals surface area contributed by atoms with Crippen LogP contribution in [-0.4, -0.2) is 72.5 Å². The highest BCUT2D eigenvalue weighted by Crippen LogP contribution is 2.42. The van der Waals surface area contributed by atoms with Gasteiger partial charge in [0, 0.05) is 37.5 Å². The predicted octanol–water partition coefficient (Wildman–Crippen LogP) is 3.72. The molecule has 5 N–H and O–H groups in total. The van der Waals surface area contributed by atoms with Crippen molar-refractivity contribution in [2.45, 2.75) is 18.7 Å². The summed E-state index contributed by atoms with van der Waals surface area (Å²) in [6, 6.07) is 8.99. The molecule has 1 atom stereocenters. The summed E-state index contributed by atoms with van der Waals surface area (Å²) < 4.78 is 45.9. The van der Waals surface area contributed by atoms with Gasteiger partial charge in [-0.1, -0.05) is 18.2 Å². The summed E-state index contributed by atoms with van der Waals surface area (Å²) in [6.07, 6.45) is -3.69. The lowest BCUT2D eigenvalue weighted by Gasteiger charge is -2.28. The van der Waals surface area contributed by atoms with Crippen LogP contribution >= 0.6 is 0 Å². The number of nitrogens with zero attached hydrogens (tertiary/aromatic N) is 5. The summed E-state index contributed by atoms with van der Waals surface area (Å²) in [6.45, 7) is 2.27. The van der Waals surface area contributed by atoms with E-state index in [4.69, 9.17) is 10.5 Å². The number of anilines is 6. The first-order chi connectivity index (χ1) is 17.3. The molecular formula is C24H31F3N8O2. The number of alkyl halides is 3. The molecule has 0 amide bonds. The largest absolute Gasteiger partial charge is 0.494 e. The van der Waals surface area contributed by atoms with Gasteiger partial charge < -0.3 is 36.0 Å². The van der Waals surface area contributed by atoms with Crippen LogP contribution in [0, 0.1) is 0 Å². The molecule has 10 nitrogen and oxygen atoms in total. The summed E-state index contributed by atoms with van der Waals surface area (Å²) in [5.41, 5.74) is 4.61. The van der Waals surface area contributed by atoms with Crippen molar-refractivity contribution in [2.75, 3.05) is 62.6 Å². The molecule has 0 fully saturated rings. The fourth-order valence-electron chi connectivity index (χ4n) is 3.48. The van der Waals surface area contributed by atoms with Crippen molar-refractivity contribution in [2.24, 2.45) is 0 Å². The first-order valence-corrected chi connectivity index (χ1v) is 11.3. The number of rotatable bonds is 10. The third-order valence-corrected chi connectivity index (χ3v) is 5.71. The standard InChI is InChI=1S/C24H31F3N8O2/c1-23(36,24(25,26)27)15-8-6-7-9-17(15)31-21-29-14-30-22(33-21)32-18-12-16(28)19(13-20(18)37-5)35(4)11-10-34(2)3/h6-9,12-14,36H,10-11,28H2,1-5H3,(H2,29,30,31,32,33). The van der Waals surface area contributed by atoms with Gasteiger partial charge in [-0.3, -0.25) is 0 Å². The van der Waals surface area contributed by atoms with E-state index in [2.05, 4.69) is 30.5 Å². The van der Waals surface area contributed by atoms with E-state index >= 15 is 0 Å². The summed E-state index contributed by atoms with van der Waals surface area (Å²) in [5, 5.41) is 15.9. The quantitative estimate of drug-likeness (QED) is 0.294. The number of ether oxygens (including phenoxy) is 1. The van der Waals surface area contributed by atoms with Gasteiger partial charge in [0.05, 0.1) is 24.2 Å². The third kappa shape index (κ3) is 6.49. The molecule has 0 aliphatic rings. The van der Waals surface area contributed by atoms with Crippen molar-refractivity contribution in [3.8, 4) is 5.75 Å². The van der Waals surface area contributed by atoms with Gasteiger partial charge in [0.1, 0.15) is 12.1 Å². The second kappa shape index (κ2) is 11.0. The molecule has 0 saturated carbocycles. The molecule has 0 aliphatic heterocycles. The number of nitrogens with two attached hydrogens (primary N) is 1. The Morgan fingerprint density at radius 2 is 1.62 bits per heavy atom. The highest BCUT2D eigenvalue weighted by Gasteiger charge is 2.52. The zero-order valence-corrected chi connectivity index (χ0v) is 21.3. The second-order valence-corrected chi connectivity index (χ2v) is 8.83. The van der Waals surface area contributed by atoms with E-state index in [1.165, 1.54) is 37.7 Å². The van der Waals surface area contributed by atoms with Crippen LogP contribution in [0.2, 0.25) is 0 Å². The van der Waals surface area contributed by atoms with Crippen molar-refractivity contribution in [1.29, 1.82) is 0 Å². The molecule has 0 aliphatic carbocycles. The van der Waals surface area contributed by atoms with Crippen molar-refractivity contribution < 1.29 is 23.0 Å². The average Bonchev–Trinajstić information content (AvgIpc) is 2.82. The number of nitrogen functional groups attached to an aromatic ring is 1. The molecule has 0 saturated heterocycles. The normalized spacial score (nSPS) is 13.2. The number of para-hydroxylation sites is 1. The van der Waals surface area contributed by atoms with Crippen LogP contribution < -0.4 is 26.0 Å². The Morgan fingerprint density at radius 3 is 2.22 bits per heavy atom. The fraction of sp³-hybridized carbons (Fsp3) is 0.375. The number of nitrogens with one attached hydrogen (secondary N) is 2. The van der Waals surface area contributed by atoms with E-state index in [0.29, 0.717) is 24.0 Å². The lowest BCUT2D eigenvalue weighted by Crippen LogP contribution is -2.39. The number of benzene rings is 2. The lowest BCUT2D eigenvalue weighted by molar-refractivity contribution is -0.258. The van der Waals surface area contributed by atoms with Gasteiger partial charge in [-0.25, -0.2) is 9.97 Å². The van der Waals surface area contributed by atoms with Crippen molar-refractivity contribution in [1.82, 2.24) is 19.9 Å². The molecule has 3 rings (SSSR count). The maximum absolute atomic E-state index is 13.4. The van der Waals surface area contributed by atoms with Gasteiger partial charge in [0.15, 0.2) is 5.60 Å². The summed E-state index contributed by atoms with van der Waals surface area (Å²) in [5.74, 6) is 0.557. The Hall–Kier alpha value is -3.84. The molecule has 1 aromatic heterocycles. The summed E-state index contributed by atoms with van der Waals surface area (Å²) >= 11 is 0. The zero-order chi connectivity index (χ0) is 27.4. The SMILES string of the molecule is COc1cc(N(C)CCN(C)C)c(N)cc1Nc1ncnc(Nc2ccccc2C(C)(O)C(F)(F)F)n1. The Labute approximate surface area is 213 Å². The average molecular weight is 521 g/mol. The van der Waals surface area contributed by atoms with Gasteiger partial charge in [-0.05, 0) is 33.2 Å². The maximum atomic E-state index is 13.4. The second-order valence-electron chi connectivity index (χ2n) is 8.83. The van der Waals surface area contributed by atoms with Gasteiger partial charge >= 0.3 is 6.18 Å². The first kappa shape index (κ1) is 27.7. The molecule has 13 heteroatoms. The van der Waals surface area contributed by atoms with Gasteiger partial charge in [0.25, 0.3) is 0 Å². The van der Waals surface area contributed by atoms with Crippen LogP contribution in [0.25, 0.3) is 0 Å². The Balaban J connectivity index is 1.86. The highest BCUT2D eigenvalue weighted by molar-refractivity contribution is 5.79. The first-order valence-electron chi connectivity index (χ1n) is 11.3. The molecule has 0 spiro atoms. The third-order valence-electron chi connectivity index (χ3n) is 5.71. The Kier molecular flexibility index (Phi) is 8.28. The topological polar surface area (TPSA) is 125 Å². The number of likely N-dealkylation sites (N-methyl/N-ethyl adjacent to an activating group) is 2. The van der Waals surface area contributed by atoms with Gasteiger partial charge in [-0.15, -0.1) is 0 Å².